The number of allylic oxidation sites excluding steroid dienone is 3. The summed E-state index contributed by atoms with van der Waals surface area (Å²) in [6.07, 6.45) is 1.69. The van der Waals surface area contributed by atoms with Crippen LogP contribution in [0.25, 0.3) is 6.08 Å². The van der Waals surface area contributed by atoms with Gasteiger partial charge < -0.3 is 9.47 Å². The first kappa shape index (κ1) is 15.0. The molecule has 0 bridgehead atoms. The zero-order valence-electron chi connectivity index (χ0n) is 12.6. The molecule has 0 amide bonds. The fraction of sp³-hybridized carbons (Fsp3) is 0.294. The van der Waals surface area contributed by atoms with Gasteiger partial charge in [0.05, 0.1) is 20.6 Å². The lowest BCUT2D eigenvalue weighted by Crippen LogP contribution is -1.96. The summed E-state index contributed by atoms with van der Waals surface area (Å²) in [7, 11) is 3.12. The third-order valence-electron chi connectivity index (χ3n) is 3.39. The van der Waals surface area contributed by atoms with E-state index in [4.69, 9.17) is 9.47 Å². The van der Waals surface area contributed by atoms with Crippen molar-refractivity contribution in [1.29, 1.82) is 0 Å². The van der Waals surface area contributed by atoms with E-state index in [0.717, 1.165) is 11.1 Å². The number of methoxy groups -OCH3 is 2. The number of carbonyl (C=O) groups excluding carboxylic acids is 2. The molecule has 4 heteroatoms. The molecule has 0 aliphatic heterocycles. The second-order valence-electron chi connectivity index (χ2n) is 5.07. The average molecular weight is 286 g/mol. The molecule has 0 N–H and O–H groups in total. The monoisotopic (exact) mass is 286 g/mol. The van der Waals surface area contributed by atoms with Gasteiger partial charge in [0.25, 0.3) is 0 Å². The fourth-order valence-electron chi connectivity index (χ4n) is 2.43. The van der Waals surface area contributed by atoms with E-state index in [2.05, 4.69) is 0 Å². The van der Waals surface area contributed by atoms with Gasteiger partial charge in [-0.05, 0) is 37.6 Å². The highest BCUT2D eigenvalue weighted by Gasteiger charge is 2.31. The van der Waals surface area contributed by atoms with Crippen molar-refractivity contribution in [3.8, 4) is 11.5 Å². The molecule has 0 heterocycles. The summed E-state index contributed by atoms with van der Waals surface area (Å²) in [5, 5.41) is 0. The lowest BCUT2D eigenvalue weighted by Gasteiger charge is -2.08. The van der Waals surface area contributed by atoms with Crippen molar-refractivity contribution in [3.05, 3.63) is 40.5 Å². The Balaban J connectivity index is 2.50. The highest BCUT2D eigenvalue weighted by Crippen LogP contribution is 2.32. The average Bonchev–Trinajstić information content (AvgIpc) is 2.73. The van der Waals surface area contributed by atoms with Crippen LogP contribution >= 0.6 is 0 Å². The largest absolute Gasteiger partial charge is 0.493 e. The SMILES string of the molecule is COc1ccc(/C=C2/C(=O)CC(=O)C2=C(C)C)cc1OC. The summed E-state index contributed by atoms with van der Waals surface area (Å²) in [4.78, 5) is 23.9. The standard InChI is InChI=1S/C17H18O4/c1-10(2)17-12(13(18)9-14(17)19)7-11-5-6-15(20-3)16(8-11)21-4/h5-8H,9H2,1-4H3/b12-7-. The maximum Gasteiger partial charge on any atom is 0.171 e. The van der Waals surface area contributed by atoms with E-state index in [1.54, 1.807) is 32.4 Å². The molecule has 0 saturated heterocycles. The van der Waals surface area contributed by atoms with Crippen molar-refractivity contribution < 1.29 is 19.1 Å². The molecule has 1 aliphatic carbocycles. The normalized spacial score (nSPS) is 16.6. The van der Waals surface area contributed by atoms with E-state index in [1.165, 1.54) is 0 Å². The van der Waals surface area contributed by atoms with Crippen LogP contribution < -0.4 is 9.47 Å². The molecule has 110 valence electrons. The van der Waals surface area contributed by atoms with Gasteiger partial charge in [-0.3, -0.25) is 9.59 Å². The lowest BCUT2D eigenvalue weighted by molar-refractivity contribution is -0.120. The predicted octanol–water partition coefficient (Wildman–Crippen LogP) is 2.97. The van der Waals surface area contributed by atoms with Crippen LogP contribution in [-0.4, -0.2) is 25.8 Å². The molecular weight excluding hydrogens is 268 g/mol. The van der Waals surface area contributed by atoms with Gasteiger partial charge in [-0.2, -0.15) is 0 Å². The molecule has 1 aromatic rings. The van der Waals surface area contributed by atoms with Gasteiger partial charge in [-0.15, -0.1) is 0 Å². The number of ether oxygens (including phenoxy) is 2. The van der Waals surface area contributed by atoms with Crippen molar-refractivity contribution in [2.75, 3.05) is 14.2 Å². The molecular formula is C17H18O4. The third-order valence-corrected chi connectivity index (χ3v) is 3.39. The second kappa shape index (κ2) is 5.95. The minimum Gasteiger partial charge on any atom is -0.493 e. The topological polar surface area (TPSA) is 52.6 Å². The Bertz CT molecular complexity index is 661. The van der Waals surface area contributed by atoms with Crippen molar-refractivity contribution in [3.63, 3.8) is 0 Å². The predicted molar refractivity (Wildman–Crippen MR) is 80.5 cm³/mol. The number of hydrogen-bond acceptors (Lipinski definition) is 4. The van der Waals surface area contributed by atoms with Crippen LogP contribution in [0.15, 0.2) is 34.9 Å². The van der Waals surface area contributed by atoms with Crippen LogP contribution in [0.1, 0.15) is 25.8 Å². The zero-order valence-corrected chi connectivity index (χ0v) is 12.6. The highest BCUT2D eigenvalue weighted by atomic mass is 16.5. The van der Waals surface area contributed by atoms with E-state index in [9.17, 15) is 9.59 Å². The van der Waals surface area contributed by atoms with Gasteiger partial charge in [0.2, 0.25) is 0 Å². The summed E-state index contributed by atoms with van der Waals surface area (Å²) in [6, 6.07) is 5.38. The Morgan fingerprint density at radius 1 is 1.05 bits per heavy atom. The molecule has 1 aliphatic rings. The molecule has 1 aromatic carbocycles. The highest BCUT2D eigenvalue weighted by molar-refractivity contribution is 6.29. The molecule has 1 saturated carbocycles. The molecule has 0 spiro atoms. The molecule has 4 nitrogen and oxygen atoms in total. The molecule has 21 heavy (non-hydrogen) atoms. The minimum absolute atomic E-state index is 0.0420. The number of ketones is 2. The van der Waals surface area contributed by atoms with Crippen molar-refractivity contribution in [2.24, 2.45) is 0 Å². The van der Waals surface area contributed by atoms with Crippen LogP contribution in [0, 0.1) is 0 Å². The summed E-state index contributed by atoms with van der Waals surface area (Å²) in [5.74, 6) is 0.969. The summed E-state index contributed by atoms with van der Waals surface area (Å²) >= 11 is 0. The van der Waals surface area contributed by atoms with Crippen molar-refractivity contribution >= 4 is 17.6 Å². The number of rotatable bonds is 3. The molecule has 0 aromatic heterocycles. The van der Waals surface area contributed by atoms with Crippen molar-refractivity contribution in [2.45, 2.75) is 20.3 Å². The van der Waals surface area contributed by atoms with Crippen LogP contribution in [0.5, 0.6) is 11.5 Å². The minimum atomic E-state index is -0.133. The third kappa shape index (κ3) is 2.89. The Morgan fingerprint density at radius 2 is 1.71 bits per heavy atom. The molecule has 0 atom stereocenters. The smallest absolute Gasteiger partial charge is 0.171 e. The summed E-state index contributed by atoms with van der Waals surface area (Å²) < 4.78 is 10.4. The Kier molecular flexibility index (Phi) is 4.26. The van der Waals surface area contributed by atoms with Crippen LogP contribution in [0.2, 0.25) is 0 Å². The van der Waals surface area contributed by atoms with Gasteiger partial charge in [0.1, 0.15) is 0 Å². The Labute approximate surface area is 124 Å². The Morgan fingerprint density at radius 3 is 2.29 bits per heavy atom. The summed E-state index contributed by atoms with van der Waals surface area (Å²) in [5.41, 5.74) is 2.67. The second-order valence-corrected chi connectivity index (χ2v) is 5.07. The molecule has 0 radical (unpaired) electrons. The van der Waals surface area contributed by atoms with E-state index in [0.29, 0.717) is 22.6 Å². The number of hydrogen-bond donors (Lipinski definition) is 0. The van der Waals surface area contributed by atoms with Gasteiger partial charge in [0.15, 0.2) is 23.1 Å². The number of benzene rings is 1. The maximum absolute atomic E-state index is 12.0. The van der Waals surface area contributed by atoms with Crippen LogP contribution in [0.3, 0.4) is 0 Å². The van der Waals surface area contributed by atoms with Crippen molar-refractivity contribution in [1.82, 2.24) is 0 Å². The first-order valence-corrected chi connectivity index (χ1v) is 6.66. The maximum atomic E-state index is 12.0. The molecule has 0 unspecified atom stereocenters. The van der Waals surface area contributed by atoms with E-state index in [1.807, 2.05) is 19.9 Å². The molecule has 2 rings (SSSR count). The number of carbonyl (C=O) groups is 2. The molecule has 1 fully saturated rings. The first-order chi connectivity index (χ1) is 9.97. The Hall–Kier alpha value is -2.36. The summed E-state index contributed by atoms with van der Waals surface area (Å²) in [6.45, 7) is 3.68. The van der Waals surface area contributed by atoms with Gasteiger partial charge in [-0.1, -0.05) is 11.6 Å². The van der Waals surface area contributed by atoms with E-state index in [-0.39, 0.29) is 18.0 Å². The first-order valence-electron chi connectivity index (χ1n) is 6.66. The fourth-order valence-corrected chi connectivity index (χ4v) is 2.43. The quantitative estimate of drug-likeness (QED) is 0.633. The van der Waals surface area contributed by atoms with Gasteiger partial charge >= 0.3 is 0 Å². The van der Waals surface area contributed by atoms with Crippen LogP contribution in [-0.2, 0) is 9.59 Å². The van der Waals surface area contributed by atoms with E-state index >= 15 is 0 Å². The lowest BCUT2D eigenvalue weighted by atomic mass is 10.0. The van der Waals surface area contributed by atoms with Gasteiger partial charge in [0, 0.05) is 11.1 Å². The van der Waals surface area contributed by atoms with E-state index < -0.39 is 0 Å². The zero-order chi connectivity index (χ0) is 15.6. The number of Topliss-reactive ketones (excluding diaryl/α,β-unsaturated/α-hetero) is 2. The van der Waals surface area contributed by atoms with Crippen LogP contribution in [0.4, 0.5) is 0 Å². The van der Waals surface area contributed by atoms with Gasteiger partial charge in [-0.25, -0.2) is 0 Å².